The van der Waals surface area contributed by atoms with Gasteiger partial charge in [0.15, 0.2) is 5.78 Å². The average Bonchev–Trinajstić information content (AvgIpc) is 2.45. The Balaban J connectivity index is 2.00. The van der Waals surface area contributed by atoms with Crippen molar-refractivity contribution < 1.29 is 9.53 Å². The van der Waals surface area contributed by atoms with Crippen LogP contribution in [-0.2, 0) is 11.2 Å². The van der Waals surface area contributed by atoms with E-state index in [-0.39, 0.29) is 5.78 Å². The number of ether oxygens (including phenoxy) is 1. The van der Waals surface area contributed by atoms with Gasteiger partial charge in [0, 0.05) is 23.6 Å². The molecule has 0 fully saturated rings. The minimum atomic E-state index is 0.184. The number of rotatable bonds is 0. The molecule has 0 saturated heterocycles. The zero-order valence-corrected chi connectivity index (χ0v) is 10.3. The number of benzene rings is 1. The Morgan fingerprint density at radius 3 is 2.95 bits per heavy atom. The van der Waals surface area contributed by atoms with Gasteiger partial charge in [-0.1, -0.05) is 18.2 Å². The zero-order valence-electron chi connectivity index (χ0n) is 10.3. The van der Waals surface area contributed by atoms with E-state index >= 15 is 0 Å². The zero-order chi connectivity index (χ0) is 12.8. The van der Waals surface area contributed by atoms with E-state index in [4.69, 9.17) is 4.74 Å². The maximum Gasteiger partial charge on any atom is 0.160 e. The summed E-state index contributed by atoms with van der Waals surface area (Å²) >= 11 is 0. The van der Waals surface area contributed by atoms with Crippen LogP contribution in [0.15, 0.2) is 47.8 Å². The quantitative estimate of drug-likeness (QED) is 0.696. The SMILES string of the molecule is O=C1C=C2C=c3ccc4c(c3CC2=CC1)OC=CC=4. The number of carbonyl (C=O) groups is 1. The van der Waals surface area contributed by atoms with Gasteiger partial charge in [-0.3, -0.25) is 4.79 Å². The molecule has 19 heavy (non-hydrogen) atoms. The number of hydrogen-bond donors (Lipinski definition) is 0. The van der Waals surface area contributed by atoms with E-state index in [0.717, 1.165) is 28.2 Å². The Labute approximate surface area is 110 Å². The molecule has 2 aliphatic carbocycles. The first-order valence-electron chi connectivity index (χ1n) is 6.42. The number of allylic oxidation sites excluding steroid dienone is 5. The lowest BCUT2D eigenvalue weighted by molar-refractivity contribution is -0.113. The summed E-state index contributed by atoms with van der Waals surface area (Å²) in [4.78, 5) is 11.5. The highest BCUT2D eigenvalue weighted by Gasteiger charge is 2.20. The lowest BCUT2D eigenvalue weighted by Crippen LogP contribution is -2.24. The summed E-state index contributed by atoms with van der Waals surface area (Å²) in [6.07, 6.45) is 12.9. The molecule has 0 bridgehead atoms. The van der Waals surface area contributed by atoms with Gasteiger partial charge in [0.25, 0.3) is 0 Å². The Hall–Kier alpha value is -2.35. The largest absolute Gasteiger partial charge is 0.464 e. The molecule has 0 amide bonds. The van der Waals surface area contributed by atoms with Crippen molar-refractivity contribution in [1.29, 1.82) is 0 Å². The van der Waals surface area contributed by atoms with Crippen molar-refractivity contribution in [3.05, 3.63) is 63.8 Å². The highest BCUT2D eigenvalue weighted by molar-refractivity contribution is 5.96. The topological polar surface area (TPSA) is 26.3 Å². The normalized spacial score (nSPS) is 18.8. The van der Waals surface area contributed by atoms with E-state index in [0.29, 0.717) is 6.42 Å². The Morgan fingerprint density at radius 1 is 1.11 bits per heavy atom. The van der Waals surface area contributed by atoms with Crippen LogP contribution < -0.4 is 15.2 Å². The van der Waals surface area contributed by atoms with E-state index in [9.17, 15) is 4.79 Å². The first-order chi connectivity index (χ1) is 9.31. The Morgan fingerprint density at radius 2 is 2.00 bits per heavy atom. The fourth-order valence-corrected chi connectivity index (χ4v) is 2.83. The van der Waals surface area contributed by atoms with Gasteiger partial charge in [0.05, 0.1) is 6.26 Å². The molecule has 3 aliphatic rings. The molecule has 0 atom stereocenters. The predicted molar refractivity (Wildman–Crippen MR) is 73.9 cm³/mol. The van der Waals surface area contributed by atoms with Crippen molar-refractivity contribution in [1.82, 2.24) is 0 Å². The molecular formula is C17H12O2. The standard InChI is InChI=1S/C17H12O2/c18-15-6-5-12-10-16-13(8-14(12)9-15)4-3-11-2-1-7-19-17(11)16/h1-5,7-9H,6,10H2. The molecule has 2 heteroatoms. The van der Waals surface area contributed by atoms with Gasteiger partial charge in [-0.25, -0.2) is 0 Å². The van der Waals surface area contributed by atoms with Gasteiger partial charge >= 0.3 is 0 Å². The van der Waals surface area contributed by atoms with E-state index in [1.807, 2.05) is 12.2 Å². The van der Waals surface area contributed by atoms with Crippen molar-refractivity contribution >= 4 is 17.9 Å². The molecule has 0 radical (unpaired) electrons. The third-order valence-corrected chi connectivity index (χ3v) is 3.78. The maximum absolute atomic E-state index is 11.5. The third-order valence-electron chi connectivity index (χ3n) is 3.78. The second-order valence-electron chi connectivity index (χ2n) is 4.99. The van der Waals surface area contributed by atoms with Crippen LogP contribution in [0.4, 0.5) is 0 Å². The second-order valence-corrected chi connectivity index (χ2v) is 4.99. The fraction of sp³-hybridized carbons (Fsp3) is 0.118. The Kier molecular flexibility index (Phi) is 2.12. The van der Waals surface area contributed by atoms with Crippen LogP contribution in [0.1, 0.15) is 12.0 Å². The van der Waals surface area contributed by atoms with Gasteiger partial charge in [0.1, 0.15) is 5.75 Å². The average molecular weight is 248 g/mol. The molecule has 4 rings (SSSR count). The van der Waals surface area contributed by atoms with Crippen LogP contribution in [0.2, 0.25) is 0 Å². The van der Waals surface area contributed by atoms with Crippen molar-refractivity contribution in [2.24, 2.45) is 0 Å². The summed E-state index contributed by atoms with van der Waals surface area (Å²) in [5.74, 6) is 1.14. The number of hydrogen-bond acceptors (Lipinski definition) is 2. The van der Waals surface area contributed by atoms with Gasteiger partial charge in [0.2, 0.25) is 0 Å². The lowest BCUT2D eigenvalue weighted by atomic mass is 9.85. The highest BCUT2D eigenvalue weighted by atomic mass is 16.5. The molecule has 1 heterocycles. The predicted octanol–water partition coefficient (Wildman–Crippen LogP) is 1.54. The number of ketones is 1. The first-order valence-corrected chi connectivity index (χ1v) is 6.42. The molecule has 0 aromatic heterocycles. The van der Waals surface area contributed by atoms with Crippen molar-refractivity contribution in [2.75, 3.05) is 0 Å². The van der Waals surface area contributed by atoms with Crippen LogP contribution >= 0.6 is 0 Å². The molecule has 2 nitrogen and oxygen atoms in total. The van der Waals surface area contributed by atoms with E-state index < -0.39 is 0 Å². The molecular weight excluding hydrogens is 236 g/mol. The lowest BCUT2D eigenvalue weighted by Gasteiger charge is -2.21. The summed E-state index contributed by atoms with van der Waals surface area (Å²) in [5, 5.41) is 2.27. The van der Waals surface area contributed by atoms with Crippen LogP contribution in [0.5, 0.6) is 5.75 Å². The van der Waals surface area contributed by atoms with Gasteiger partial charge in [-0.15, -0.1) is 0 Å². The third kappa shape index (κ3) is 1.60. The van der Waals surface area contributed by atoms with Crippen molar-refractivity contribution in [3.63, 3.8) is 0 Å². The van der Waals surface area contributed by atoms with Gasteiger partial charge in [-0.05, 0) is 40.7 Å². The summed E-state index contributed by atoms with van der Waals surface area (Å²) < 4.78 is 5.68. The number of fused-ring (bicyclic) bond motifs is 4. The molecule has 0 unspecified atom stereocenters. The summed E-state index contributed by atoms with van der Waals surface area (Å²) in [7, 11) is 0. The number of carbonyl (C=O) groups excluding carboxylic acids is 1. The molecule has 1 aromatic carbocycles. The minimum Gasteiger partial charge on any atom is -0.464 e. The van der Waals surface area contributed by atoms with Gasteiger partial charge in [-0.2, -0.15) is 0 Å². The molecule has 92 valence electrons. The Bertz CT molecular complexity index is 804. The first kappa shape index (κ1) is 10.6. The molecule has 0 saturated carbocycles. The van der Waals surface area contributed by atoms with Crippen LogP contribution in [-0.4, -0.2) is 5.78 Å². The fourth-order valence-electron chi connectivity index (χ4n) is 2.83. The maximum atomic E-state index is 11.5. The summed E-state index contributed by atoms with van der Waals surface area (Å²) in [6.45, 7) is 0. The summed E-state index contributed by atoms with van der Waals surface area (Å²) in [5.41, 5.74) is 3.51. The van der Waals surface area contributed by atoms with Crippen molar-refractivity contribution in [3.8, 4) is 5.75 Å². The molecule has 1 aromatic rings. The van der Waals surface area contributed by atoms with E-state index in [1.54, 1.807) is 12.3 Å². The van der Waals surface area contributed by atoms with Crippen LogP contribution in [0.25, 0.3) is 12.2 Å². The molecule has 1 aliphatic heterocycles. The second kappa shape index (κ2) is 3.82. The van der Waals surface area contributed by atoms with Gasteiger partial charge < -0.3 is 4.74 Å². The van der Waals surface area contributed by atoms with E-state index in [1.165, 1.54) is 11.1 Å². The van der Waals surface area contributed by atoms with Crippen molar-refractivity contribution in [2.45, 2.75) is 12.8 Å². The van der Waals surface area contributed by atoms with E-state index in [2.05, 4.69) is 24.3 Å². The van der Waals surface area contributed by atoms with Crippen LogP contribution in [0.3, 0.4) is 0 Å². The smallest absolute Gasteiger partial charge is 0.160 e. The molecule has 0 N–H and O–H groups in total. The minimum absolute atomic E-state index is 0.184. The monoisotopic (exact) mass is 248 g/mol. The van der Waals surface area contributed by atoms with Crippen LogP contribution in [0, 0.1) is 0 Å². The summed E-state index contributed by atoms with van der Waals surface area (Å²) in [6, 6.07) is 4.16. The highest BCUT2D eigenvalue weighted by Crippen LogP contribution is 2.27. The molecule has 0 spiro atoms.